The molecule has 1 amide bonds. The predicted molar refractivity (Wildman–Crippen MR) is 77.7 cm³/mol. The van der Waals surface area contributed by atoms with Gasteiger partial charge >= 0.3 is 0 Å². The fourth-order valence-corrected chi connectivity index (χ4v) is 2.14. The third kappa shape index (κ3) is 3.61. The normalized spacial score (nSPS) is 11.0. The summed E-state index contributed by atoms with van der Waals surface area (Å²) >= 11 is 5.90. The molecule has 2 aromatic rings. The second kappa shape index (κ2) is 6.26. The first-order valence-corrected chi connectivity index (χ1v) is 6.93. The zero-order chi connectivity index (χ0) is 15.6. The van der Waals surface area contributed by atoms with Crippen LogP contribution < -0.4 is 0 Å². The molecule has 2 rings (SSSR count). The Kier molecular flexibility index (Phi) is 4.63. The number of carbonyl (C=O) groups excluding carboxylic acids is 1. The minimum atomic E-state index is -0.597. The van der Waals surface area contributed by atoms with Crippen molar-refractivity contribution in [3.8, 4) is 0 Å². The van der Waals surface area contributed by atoms with Crippen molar-refractivity contribution in [2.75, 3.05) is 0 Å². The third-order valence-electron chi connectivity index (χ3n) is 3.04. The van der Waals surface area contributed by atoms with Crippen LogP contribution in [0.2, 0.25) is 5.15 Å². The summed E-state index contributed by atoms with van der Waals surface area (Å²) in [4.78, 5) is 17.8. The van der Waals surface area contributed by atoms with E-state index < -0.39 is 5.82 Å². The Morgan fingerprint density at radius 2 is 2.19 bits per heavy atom. The Labute approximate surface area is 127 Å². The van der Waals surface area contributed by atoms with E-state index >= 15 is 0 Å². The first kappa shape index (κ1) is 15.5. The number of halogens is 2. The van der Waals surface area contributed by atoms with Gasteiger partial charge in [-0.1, -0.05) is 11.6 Å². The van der Waals surface area contributed by atoms with Gasteiger partial charge in [-0.15, -0.1) is 0 Å². The lowest BCUT2D eigenvalue weighted by molar-refractivity contribution is 0.0674. The zero-order valence-electron chi connectivity index (χ0n) is 12.1. The summed E-state index contributed by atoms with van der Waals surface area (Å²) in [6.45, 7) is 5.86. The second-order valence-corrected chi connectivity index (χ2v) is 5.39. The van der Waals surface area contributed by atoms with Crippen molar-refractivity contribution in [2.45, 2.75) is 33.4 Å². The Balaban J connectivity index is 2.29. The number of aryl methyl sites for hydroxylation is 1. The molecule has 2 aromatic heterocycles. The van der Waals surface area contributed by atoms with E-state index in [9.17, 15) is 9.18 Å². The van der Waals surface area contributed by atoms with Crippen LogP contribution in [0.25, 0.3) is 0 Å². The molecule has 0 saturated heterocycles. The van der Waals surface area contributed by atoms with Gasteiger partial charge in [-0.25, -0.2) is 9.37 Å². The Hall–Kier alpha value is -1.88. The number of hydrogen-bond donors (Lipinski definition) is 0. The summed E-state index contributed by atoms with van der Waals surface area (Å²) in [6, 6.07) is 4.64. The molecule has 0 spiro atoms. The van der Waals surface area contributed by atoms with Crippen molar-refractivity contribution in [3.63, 3.8) is 0 Å². The van der Waals surface area contributed by atoms with Crippen LogP contribution in [-0.2, 0) is 6.54 Å². The summed E-state index contributed by atoms with van der Waals surface area (Å²) in [7, 11) is 0. The molecular formula is C15H16ClFN2O2. The van der Waals surface area contributed by atoms with Gasteiger partial charge in [-0.05, 0) is 39.0 Å². The molecule has 0 bridgehead atoms. The van der Waals surface area contributed by atoms with Crippen molar-refractivity contribution in [2.24, 2.45) is 0 Å². The zero-order valence-corrected chi connectivity index (χ0v) is 12.8. The number of amides is 1. The van der Waals surface area contributed by atoms with Crippen LogP contribution in [0.5, 0.6) is 0 Å². The highest BCUT2D eigenvalue weighted by Gasteiger charge is 2.23. The van der Waals surface area contributed by atoms with Crippen molar-refractivity contribution in [1.29, 1.82) is 0 Å². The molecule has 6 heteroatoms. The molecule has 21 heavy (non-hydrogen) atoms. The van der Waals surface area contributed by atoms with Gasteiger partial charge in [0.1, 0.15) is 22.5 Å². The van der Waals surface area contributed by atoms with E-state index in [0.717, 1.165) is 18.0 Å². The highest BCUT2D eigenvalue weighted by molar-refractivity contribution is 6.32. The maximum absolute atomic E-state index is 13.3. The van der Waals surface area contributed by atoms with E-state index in [-0.39, 0.29) is 29.2 Å². The van der Waals surface area contributed by atoms with Gasteiger partial charge in [-0.3, -0.25) is 4.79 Å². The van der Waals surface area contributed by atoms with Gasteiger partial charge in [0.2, 0.25) is 0 Å². The van der Waals surface area contributed by atoms with Crippen LogP contribution in [0.3, 0.4) is 0 Å². The highest BCUT2D eigenvalue weighted by atomic mass is 35.5. The summed E-state index contributed by atoms with van der Waals surface area (Å²) in [6.07, 6.45) is 0.981. The number of hydrogen-bond acceptors (Lipinski definition) is 3. The van der Waals surface area contributed by atoms with E-state index in [1.165, 1.54) is 0 Å². The Morgan fingerprint density at radius 3 is 2.76 bits per heavy atom. The predicted octanol–water partition coefficient (Wildman–Crippen LogP) is 3.83. The van der Waals surface area contributed by atoms with Gasteiger partial charge in [0, 0.05) is 6.04 Å². The average molecular weight is 311 g/mol. The monoisotopic (exact) mass is 310 g/mol. The number of aromatic nitrogens is 1. The van der Waals surface area contributed by atoms with Crippen LogP contribution in [0.15, 0.2) is 28.8 Å². The highest BCUT2D eigenvalue weighted by Crippen LogP contribution is 2.20. The second-order valence-electron chi connectivity index (χ2n) is 5.03. The minimum absolute atomic E-state index is 0.0114. The largest absolute Gasteiger partial charge is 0.464 e. The number of rotatable bonds is 4. The van der Waals surface area contributed by atoms with Crippen molar-refractivity contribution in [1.82, 2.24) is 9.88 Å². The first-order valence-electron chi connectivity index (χ1n) is 6.56. The lowest BCUT2D eigenvalue weighted by Gasteiger charge is -2.26. The molecule has 0 aromatic carbocycles. The van der Waals surface area contributed by atoms with E-state index in [2.05, 4.69) is 4.98 Å². The smallest absolute Gasteiger partial charge is 0.257 e. The lowest BCUT2D eigenvalue weighted by atomic mass is 10.2. The molecule has 112 valence electrons. The summed E-state index contributed by atoms with van der Waals surface area (Å²) in [5.74, 6) is 0.456. The van der Waals surface area contributed by atoms with E-state index in [0.29, 0.717) is 5.76 Å². The fraction of sp³-hybridized carbons (Fsp3) is 0.333. The maximum Gasteiger partial charge on any atom is 0.257 e. The summed E-state index contributed by atoms with van der Waals surface area (Å²) < 4.78 is 18.8. The Bertz CT molecular complexity index is 655. The molecule has 0 unspecified atom stereocenters. The van der Waals surface area contributed by atoms with Crippen molar-refractivity contribution >= 4 is 17.5 Å². The number of furan rings is 1. The molecule has 0 N–H and O–H groups in total. The molecule has 0 radical (unpaired) electrons. The molecule has 4 nitrogen and oxygen atoms in total. The van der Waals surface area contributed by atoms with Gasteiger partial charge in [-0.2, -0.15) is 0 Å². The molecule has 0 aliphatic rings. The van der Waals surface area contributed by atoms with Crippen LogP contribution in [0.1, 0.15) is 35.7 Å². The topological polar surface area (TPSA) is 46.3 Å². The maximum atomic E-state index is 13.3. The first-order chi connectivity index (χ1) is 9.88. The average Bonchev–Trinajstić information content (AvgIpc) is 2.83. The molecule has 0 aliphatic carbocycles. The standard InChI is InChI=1S/C15H16ClFN2O2/c1-9(2)19(8-12-5-4-10(3)21-12)15(20)13-6-11(17)7-18-14(13)16/h4-7,9H,8H2,1-3H3. The van der Waals surface area contributed by atoms with Gasteiger partial charge < -0.3 is 9.32 Å². The summed E-state index contributed by atoms with van der Waals surface area (Å²) in [5, 5.41) is -0.0114. The number of pyridine rings is 1. The minimum Gasteiger partial charge on any atom is -0.464 e. The van der Waals surface area contributed by atoms with Crippen LogP contribution in [0.4, 0.5) is 4.39 Å². The molecule has 0 fully saturated rings. The SMILES string of the molecule is Cc1ccc(CN(C(=O)c2cc(F)cnc2Cl)C(C)C)o1. The molecule has 2 heterocycles. The quantitative estimate of drug-likeness (QED) is 0.806. The number of nitrogens with zero attached hydrogens (tertiary/aromatic N) is 2. The summed E-state index contributed by atoms with van der Waals surface area (Å²) in [5.41, 5.74) is 0.0497. The lowest BCUT2D eigenvalue weighted by Crippen LogP contribution is -2.36. The van der Waals surface area contributed by atoms with E-state index in [4.69, 9.17) is 16.0 Å². The third-order valence-corrected chi connectivity index (χ3v) is 3.34. The Morgan fingerprint density at radius 1 is 1.48 bits per heavy atom. The van der Waals surface area contributed by atoms with Crippen molar-refractivity contribution < 1.29 is 13.6 Å². The van der Waals surface area contributed by atoms with E-state index in [1.54, 1.807) is 4.90 Å². The molecule has 0 saturated carbocycles. The fourth-order valence-electron chi connectivity index (χ4n) is 1.95. The van der Waals surface area contributed by atoms with Crippen LogP contribution >= 0.6 is 11.6 Å². The molecular weight excluding hydrogens is 295 g/mol. The van der Waals surface area contributed by atoms with E-state index in [1.807, 2.05) is 32.9 Å². The van der Waals surface area contributed by atoms with Gasteiger partial charge in [0.25, 0.3) is 5.91 Å². The van der Waals surface area contributed by atoms with Gasteiger partial charge in [0.05, 0.1) is 18.3 Å². The molecule has 0 atom stereocenters. The van der Waals surface area contributed by atoms with Crippen LogP contribution in [-0.4, -0.2) is 21.8 Å². The van der Waals surface area contributed by atoms with Crippen molar-refractivity contribution in [3.05, 3.63) is 52.5 Å². The van der Waals surface area contributed by atoms with Gasteiger partial charge in [0.15, 0.2) is 0 Å². The van der Waals surface area contributed by atoms with Crippen LogP contribution in [0, 0.1) is 12.7 Å². The number of carbonyl (C=O) groups is 1. The molecule has 0 aliphatic heterocycles.